The van der Waals surface area contributed by atoms with E-state index in [9.17, 15) is 4.39 Å². The molecule has 0 radical (unpaired) electrons. The summed E-state index contributed by atoms with van der Waals surface area (Å²) in [6, 6.07) is 6.84. The van der Waals surface area contributed by atoms with Crippen LogP contribution in [0.15, 0.2) is 24.3 Å². The minimum atomic E-state index is -0.601. The molecule has 96 valence electrons. The third-order valence-corrected chi connectivity index (χ3v) is 4.35. The largest absolute Gasteiger partial charge is 0.378 e. The molecule has 1 heterocycles. The Bertz CT molecular complexity index is 547. The fraction of sp³-hybridized carbons (Fsp3) is 0.167. The lowest BCUT2D eigenvalue weighted by atomic mass is 10.2. The van der Waals surface area contributed by atoms with E-state index in [2.05, 4.69) is 5.32 Å². The van der Waals surface area contributed by atoms with E-state index in [0.29, 0.717) is 5.69 Å². The standard InChI is InChI=1S/C12H9Cl3FNS/c1-6(10-2-3-11(15)18-10)17-7-4-8(13)12(16)9(14)5-7/h2-6,17H,1H3. The molecule has 1 aromatic carbocycles. The van der Waals surface area contributed by atoms with E-state index in [0.717, 1.165) is 9.21 Å². The molecule has 1 aromatic heterocycles. The summed E-state index contributed by atoms with van der Waals surface area (Å²) in [5, 5.41) is 3.20. The number of benzene rings is 1. The average molecular weight is 325 g/mol. The number of halogens is 4. The van der Waals surface area contributed by atoms with E-state index in [1.54, 1.807) is 0 Å². The van der Waals surface area contributed by atoms with Crippen molar-refractivity contribution in [2.24, 2.45) is 0 Å². The third kappa shape index (κ3) is 3.09. The Hall–Kier alpha value is -0.480. The van der Waals surface area contributed by atoms with Crippen LogP contribution < -0.4 is 5.32 Å². The van der Waals surface area contributed by atoms with Gasteiger partial charge in [0.2, 0.25) is 0 Å². The van der Waals surface area contributed by atoms with Gasteiger partial charge in [-0.1, -0.05) is 34.8 Å². The van der Waals surface area contributed by atoms with Crippen LogP contribution in [0.3, 0.4) is 0 Å². The SMILES string of the molecule is CC(Nc1cc(Cl)c(F)c(Cl)c1)c1ccc(Cl)s1. The van der Waals surface area contributed by atoms with Gasteiger partial charge in [-0.2, -0.15) is 0 Å². The first kappa shape index (κ1) is 13.9. The molecule has 1 atom stereocenters. The van der Waals surface area contributed by atoms with Crippen molar-refractivity contribution >= 4 is 51.8 Å². The van der Waals surface area contributed by atoms with Gasteiger partial charge in [-0.3, -0.25) is 0 Å². The third-order valence-electron chi connectivity index (χ3n) is 2.39. The quantitative estimate of drug-likeness (QED) is 0.681. The highest BCUT2D eigenvalue weighted by Crippen LogP contribution is 2.32. The summed E-state index contributed by atoms with van der Waals surface area (Å²) in [7, 11) is 0. The van der Waals surface area contributed by atoms with Crippen LogP contribution in [0.5, 0.6) is 0 Å². The molecule has 0 amide bonds. The summed E-state index contributed by atoms with van der Waals surface area (Å²) in [5.74, 6) is -0.601. The summed E-state index contributed by atoms with van der Waals surface area (Å²) < 4.78 is 14.0. The Morgan fingerprint density at radius 1 is 1.17 bits per heavy atom. The van der Waals surface area contributed by atoms with Crippen molar-refractivity contribution in [2.75, 3.05) is 5.32 Å². The first-order chi connectivity index (χ1) is 8.47. The molecule has 18 heavy (non-hydrogen) atoms. The minimum absolute atomic E-state index is 0.00131. The average Bonchev–Trinajstić information content (AvgIpc) is 2.72. The van der Waals surface area contributed by atoms with Crippen molar-refractivity contribution in [1.82, 2.24) is 0 Å². The second-order valence-electron chi connectivity index (χ2n) is 3.76. The predicted octanol–water partition coefficient (Wildman–Crippen LogP) is 6.02. The molecule has 1 unspecified atom stereocenters. The van der Waals surface area contributed by atoms with Crippen LogP contribution in [-0.4, -0.2) is 0 Å². The molecular weight excluding hydrogens is 316 g/mol. The molecular formula is C12H9Cl3FNS. The van der Waals surface area contributed by atoms with Gasteiger partial charge in [-0.15, -0.1) is 11.3 Å². The molecule has 0 spiro atoms. The zero-order valence-corrected chi connectivity index (χ0v) is 12.4. The molecule has 0 bridgehead atoms. The van der Waals surface area contributed by atoms with Crippen molar-refractivity contribution < 1.29 is 4.39 Å². The number of hydrogen-bond acceptors (Lipinski definition) is 2. The summed E-state index contributed by atoms with van der Waals surface area (Å²) in [5.41, 5.74) is 0.670. The molecule has 0 aliphatic heterocycles. The molecule has 2 aromatic rings. The van der Waals surface area contributed by atoms with Gasteiger partial charge in [0.25, 0.3) is 0 Å². The lowest BCUT2D eigenvalue weighted by Crippen LogP contribution is -2.05. The van der Waals surface area contributed by atoms with E-state index < -0.39 is 5.82 Å². The fourth-order valence-electron chi connectivity index (χ4n) is 1.52. The predicted molar refractivity (Wildman–Crippen MR) is 77.8 cm³/mol. The highest BCUT2D eigenvalue weighted by Gasteiger charge is 2.11. The van der Waals surface area contributed by atoms with Gasteiger partial charge >= 0.3 is 0 Å². The van der Waals surface area contributed by atoms with Crippen molar-refractivity contribution in [3.8, 4) is 0 Å². The number of hydrogen-bond donors (Lipinski definition) is 1. The van der Waals surface area contributed by atoms with Gasteiger partial charge < -0.3 is 5.32 Å². The second kappa shape index (κ2) is 5.66. The molecule has 0 saturated heterocycles. The zero-order chi connectivity index (χ0) is 13.3. The van der Waals surface area contributed by atoms with E-state index in [-0.39, 0.29) is 16.1 Å². The number of thiophene rings is 1. The zero-order valence-electron chi connectivity index (χ0n) is 9.31. The van der Waals surface area contributed by atoms with Crippen molar-refractivity contribution in [1.29, 1.82) is 0 Å². The molecule has 1 N–H and O–H groups in total. The van der Waals surface area contributed by atoms with Gasteiger partial charge in [-0.05, 0) is 31.2 Å². The summed E-state index contributed by atoms with van der Waals surface area (Å²) >= 11 is 18.8. The van der Waals surface area contributed by atoms with Crippen LogP contribution in [0.2, 0.25) is 14.4 Å². The minimum Gasteiger partial charge on any atom is -0.378 e. The maximum atomic E-state index is 13.3. The highest BCUT2D eigenvalue weighted by molar-refractivity contribution is 7.16. The van der Waals surface area contributed by atoms with Crippen molar-refractivity contribution in [3.63, 3.8) is 0 Å². The normalized spacial score (nSPS) is 12.5. The van der Waals surface area contributed by atoms with Crippen LogP contribution in [0.1, 0.15) is 17.8 Å². The Morgan fingerprint density at radius 3 is 2.28 bits per heavy atom. The number of rotatable bonds is 3. The second-order valence-corrected chi connectivity index (χ2v) is 6.32. The molecule has 2 rings (SSSR count). The smallest absolute Gasteiger partial charge is 0.160 e. The molecule has 0 fully saturated rings. The van der Waals surface area contributed by atoms with Crippen LogP contribution in [0, 0.1) is 5.82 Å². The van der Waals surface area contributed by atoms with E-state index in [1.807, 2.05) is 19.1 Å². The monoisotopic (exact) mass is 323 g/mol. The van der Waals surface area contributed by atoms with Crippen LogP contribution in [-0.2, 0) is 0 Å². The van der Waals surface area contributed by atoms with E-state index in [4.69, 9.17) is 34.8 Å². The molecule has 0 aliphatic rings. The van der Waals surface area contributed by atoms with Crippen molar-refractivity contribution in [2.45, 2.75) is 13.0 Å². The Morgan fingerprint density at radius 2 is 1.78 bits per heavy atom. The van der Waals surface area contributed by atoms with Crippen LogP contribution in [0.4, 0.5) is 10.1 Å². The van der Waals surface area contributed by atoms with E-state index in [1.165, 1.54) is 23.5 Å². The van der Waals surface area contributed by atoms with Gasteiger partial charge in [0.05, 0.1) is 20.4 Å². The fourth-order valence-corrected chi connectivity index (χ4v) is 3.07. The number of anilines is 1. The Labute approximate surface area is 123 Å². The lowest BCUT2D eigenvalue weighted by Gasteiger charge is -2.14. The number of nitrogens with one attached hydrogen (secondary N) is 1. The van der Waals surface area contributed by atoms with Crippen LogP contribution >= 0.6 is 46.1 Å². The molecule has 1 nitrogen and oxygen atoms in total. The first-order valence-corrected chi connectivity index (χ1v) is 7.08. The molecule has 0 saturated carbocycles. The topological polar surface area (TPSA) is 12.0 Å². The maximum absolute atomic E-state index is 13.3. The van der Waals surface area contributed by atoms with Crippen LogP contribution in [0.25, 0.3) is 0 Å². The van der Waals surface area contributed by atoms with Gasteiger partial charge in [0.1, 0.15) is 0 Å². The van der Waals surface area contributed by atoms with Crippen molar-refractivity contribution in [3.05, 3.63) is 49.3 Å². The van der Waals surface area contributed by atoms with Gasteiger partial charge in [0.15, 0.2) is 5.82 Å². The van der Waals surface area contributed by atoms with E-state index >= 15 is 0 Å². The highest BCUT2D eigenvalue weighted by atomic mass is 35.5. The lowest BCUT2D eigenvalue weighted by molar-refractivity contribution is 0.628. The van der Waals surface area contributed by atoms with Gasteiger partial charge in [0, 0.05) is 10.6 Å². The maximum Gasteiger partial charge on any atom is 0.160 e. The summed E-state index contributed by atoms with van der Waals surface area (Å²) in [4.78, 5) is 1.08. The van der Waals surface area contributed by atoms with Gasteiger partial charge in [-0.25, -0.2) is 4.39 Å². The Kier molecular flexibility index (Phi) is 4.38. The summed E-state index contributed by atoms with van der Waals surface area (Å²) in [6.45, 7) is 1.98. The Balaban J connectivity index is 2.19. The molecule has 0 aliphatic carbocycles. The summed E-state index contributed by atoms with van der Waals surface area (Å²) in [6.07, 6.45) is 0. The first-order valence-electron chi connectivity index (χ1n) is 5.13. The molecule has 6 heteroatoms.